The SMILES string of the molecule is CC(C)CNc1cc(C(=O)Nc2cccc3cccnc23)ncn1. The molecule has 2 N–H and O–H groups in total. The Kier molecular flexibility index (Phi) is 4.65. The second-order valence-electron chi connectivity index (χ2n) is 5.90. The summed E-state index contributed by atoms with van der Waals surface area (Å²) in [5, 5.41) is 7.03. The molecule has 0 aliphatic heterocycles. The predicted octanol–water partition coefficient (Wildman–Crippen LogP) is 3.35. The molecule has 24 heavy (non-hydrogen) atoms. The molecular formula is C18H19N5O. The molecule has 0 fully saturated rings. The number of para-hydroxylation sites is 1. The first-order valence-electron chi connectivity index (χ1n) is 7.84. The largest absolute Gasteiger partial charge is 0.370 e. The minimum absolute atomic E-state index is 0.289. The van der Waals surface area contributed by atoms with Crippen molar-refractivity contribution in [2.45, 2.75) is 13.8 Å². The summed E-state index contributed by atoms with van der Waals surface area (Å²) in [5.74, 6) is 0.835. The van der Waals surface area contributed by atoms with Gasteiger partial charge in [0.2, 0.25) is 0 Å². The molecule has 1 aromatic carbocycles. The van der Waals surface area contributed by atoms with Crippen molar-refractivity contribution in [1.82, 2.24) is 15.0 Å². The van der Waals surface area contributed by atoms with Crippen molar-refractivity contribution in [3.63, 3.8) is 0 Å². The maximum Gasteiger partial charge on any atom is 0.274 e. The number of aromatic nitrogens is 3. The van der Waals surface area contributed by atoms with Crippen LogP contribution in [0.25, 0.3) is 10.9 Å². The second kappa shape index (κ2) is 7.04. The third kappa shape index (κ3) is 3.65. The molecule has 0 aliphatic carbocycles. The van der Waals surface area contributed by atoms with Crippen LogP contribution in [0.15, 0.2) is 48.9 Å². The number of anilines is 2. The number of nitrogens with zero attached hydrogens (tertiary/aromatic N) is 3. The quantitative estimate of drug-likeness (QED) is 0.753. The predicted molar refractivity (Wildman–Crippen MR) is 95.1 cm³/mol. The van der Waals surface area contributed by atoms with Gasteiger partial charge >= 0.3 is 0 Å². The van der Waals surface area contributed by atoms with Crippen LogP contribution < -0.4 is 10.6 Å². The summed E-state index contributed by atoms with van der Waals surface area (Å²) in [7, 11) is 0. The second-order valence-corrected chi connectivity index (χ2v) is 5.90. The Bertz CT molecular complexity index is 857. The average molecular weight is 321 g/mol. The molecule has 2 aromatic heterocycles. The van der Waals surface area contributed by atoms with Crippen LogP contribution in [0.1, 0.15) is 24.3 Å². The maximum absolute atomic E-state index is 12.5. The number of hydrogen-bond acceptors (Lipinski definition) is 5. The van der Waals surface area contributed by atoms with Crippen LogP contribution in [0.5, 0.6) is 0 Å². The molecule has 0 bridgehead atoms. The van der Waals surface area contributed by atoms with Crippen LogP contribution >= 0.6 is 0 Å². The third-order valence-corrected chi connectivity index (χ3v) is 3.47. The number of carbonyl (C=O) groups excluding carboxylic acids is 1. The lowest BCUT2D eigenvalue weighted by Gasteiger charge is -2.10. The standard InChI is InChI=1S/C18H19N5O/c1-12(2)10-20-16-9-15(21-11-22-16)18(24)23-14-7-3-5-13-6-4-8-19-17(13)14/h3-9,11-12H,10H2,1-2H3,(H,23,24)(H,20,21,22). The van der Waals surface area contributed by atoms with Gasteiger partial charge in [-0.1, -0.05) is 32.0 Å². The zero-order chi connectivity index (χ0) is 16.9. The minimum Gasteiger partial charge on any atom is -0.370 e. The molecule has 3 aromatic rings. The van der Waals surface area contributed by atoms with Gasteiger partial charge in [0.05, 0.1) is 11.2 Å². The Balaban J connectivity index is 1.80. The number of pyridine rings is 1. The van der Waals surface area contributed by atoms with E-state index in [-0.39, 0.29) is 5.91 Å². The van der Waals surface area contributed by atoms with Crippen molar-refractivity contribution < 1.29 is 4.79 Å². The lowest BCUT2D eigenvalue weighted by molar-refractivity contribution is 0.102. The van der Waals surface area contributed by atoms with E-state index in [1.165, 1.54) is 6.33 Å². The van der Waals surface area contributed by atoms with Gasteiger partial charge in [-0.2, -0.15) is 0 Å². The van der Waals surface area contributed by atoms with E-state index in [9.17, 15) is 4.79 Å². The number of rotatable bonds is 5. The number of nitrogens with one attached hydrogen (secondary N) is 2. The van der Waals surface area contributed by atoms with E-state index in [4.69, 9.17) is 0 Å². The lowest BCUT2D eigenvalue weighted by atomic mass is 10.2. The molecule has 0 saturated carbocycles. The summed E-state index contributed by atoms with van der Waals surface area (Å²) in [5.41, 5.74) is 1.72. The summed E-state index contributed by atoms with van der Waals surface area (Å²) in [6.07, 6.45) is 3.09. The Morgan fingerprint density at radius 2 is 1.96 bits per heavy atom. The summed E-state index contributed by atoms with van der Waals surface area (Å²) in [6, 6.07) is 11.1. The first-order chi connectivity index (χ1) is 11.6. The first-order valence-corrected chi connectivity index (χ1v) is 7.84. The van der Waals surface area contributed by atoms with Crippen LogP contribution in [-0.2, 0) is 0 Å². The Labute approximate surface area is 140 Å². The van der Waals surface area contributed by atoms with Crippen molar-refractivity contribution >= 4 is 28.3 Å². The summed E-state index contributed by atoms with van der Waals surface area (Å²) in [4.78, 5) is 25.0. The van der Waals surface area contributed by atoms with Gasteiger partial charge in [-0.15, -0.1) is 0 Å². The normalized spacial score (nSPS) is 10.8. The molecule has 6 heteroatoms. The zero-order valence-corrected chi connectivity index (χ0v) is 13.7. The Hall–Kier alpha value is -3.02. The molecule has 6 nitrogen and oxygen atoms in total. The number of hydrogen-bond donors (Lipinski definition) is 2. The molecule has 0 unspecified atom stereocenters. The minimum atomic E-state index is -0.289. The molecule has 0 spiro atoms. The highest BCUT2D eigenvalue weighted by atomic mass is 16.1. The fourth-order valence-electron chi connectivity index (χ4n) is 2.28. The monoisotopic (exact) mass is 321 g/mol. The first kappa shape index (κ1) is 15.9. The highest BCUT2D eigenvalue weighted by Crippen LogP contribution is 2.21. The van der Waals surface area contributed by atoms with E-state index < -0.39 is 0 Å². The molecule has 0 radical (unpaired) electrons. The van der Waals surface area contributed by atoms with Crippen molar-refractivity contribution in [2.75, 3.05) is 17.2 Å². The van der Waals surface area contributed by atoms with Gasteiger partial charge in [0.25, 0.3) is 5.91 Å². The highest BCUT2D eigenvalue weighted by Gasteiger charge is 2.11. The van der Waals surface area contributed by atoms with Crippen LogP contribution in [0.4, 0.5) is 11.5 Å². The zero-order valence-electron chi connectivity index (χ0n) is 13.7. The van der Waals surface area contributed by atoms with Gasteiger partial charge in [-0.3, -0.25) is 9.78 Å². The molecule has 0 saturated heterocycles. The molecule has 0 aliphatic rings. The number of fused-ring (bicyclic) bond motifs is 1. The molecular weight excluding hydrogens is 302 g/mol. The van der Waals surface area contributed by atoms with Crippen molar-refractivity contribution in [3.8, 4) is 0 Å². The third-order valence-electron chi connectivity index (χ3n) is 3.47. The number of benzene rings is 1. The van der Waals surface area contributed by atoms with Crippen LogP contribution in [0, 0.1) is 5.92 Å². The van der Waals surface area contributed by atoms with Crippen LogP contribution in [0.3, 0.4) is 0 Å². The Morgan fingerprint density at radius 1 is 1.12 bits per heavy atom. The van der Waals surface area contributed by atoms with Gasteiger partial charge in [0, 0.05) is 24.2 Å². The number of carbonyl (C=O) groups is 1. The van der Waals surface area contributed by atoms with E-state index in [1.807, 2.05) is 30.3 Å². The van der Waals surface area contributed by atoms with E-state index in [1.54, 1.807) is 12.3 Å². The molecule has 0 atom stereocenters. The average Bonchev–Trinajstić information content (AvgIpc) is 2.60. The fraction of sp³-hybridized carbons (Fsp3) is 0.222. The highest BCUT2D eigenvalue weighted by molar-refractivity contribution is 6.07. The van der Waals surface area contributed by atoms with E-state index in [2.05, 4.69) is 39.4 Å². The maximum atomic E-state index is 12.5. The fourth-order valence-corrected chi connectivity index (χ4v) is 2.28. The summed E-state index contributed by atoms with van der Waals surface area (Å²) < 4.78 is 0. The van der Waals surface area contributed by atoms with Gasteiger partial charge in [-0.05, 0) is 18.1 Å². The van der Waals surface area contributed by atoms with E-state index >= 15 is 0 Å². The lowest BCUT2D eigenvalue weighted by Crippen LogP contribution is -2.16. The topological polar surface area (TPSA) is 79.8 Å². The van der Waals surface area contributed by atoms with Gasteiger partial charge in [0.1, 0.15) is 17.8 Å². The molecule has 122 valence electrons. The van der Waals surface area contributed by atoms with E-state index in [0.717, 1.165) is 17.4 Å². The molecule has 1 amide bonds. The van der Waals surface area contributed by atoms with Crippen molar-refractivity contribution in [3.05, 3.63) is 54.6 Å². The summed E-state index contributed by atoms with van der Waals surface area (Å²) in [6.45, 7) is 5.00. The van der Waals surface area contributed by atoms with Crippen molar-refractivity contribution in [1.29, 1.82) is 0 Å². The summed E-state index contributed by atoms with van der Waals surface area (Å²) >= 11 is 0. The van der Waals surface area contributed by atoms with Crippen LogP contribution in [0.2, 0.25) is 0 Å². The molecule has 3 rings (SSSR count). The Morgan fingerprint density at radius 3 is 2.79 bits per heavy atom. The van der Waals surface area contributed by atoms with Gasteiger partial charge in [0.15, 0.2) is 0 Å². The van der Waals surface area contributed by atoms with Crippen molar-refractivity contribution in [2.24, 2.45) is 5.92 Å². The van der Waals surface area contributed by atoms with Gasteiger partial charge in [-0.25, -0.2) is 9.97 Å². The van der Waals surface area contributed by atoms with Crippen LogP contribution in [-0.4, -0.2) is 27.4 Å². The molecule has 2 heterocycles. The van der Waals surface area contributed by atoms with E-state index in [0.29, 0.717) is 23.1 Å². The van der Waals surface area contributed by atoms with Gasteiger partial charge < -0.3 is 10.6 Å². The smallest absolute Gasteiger partial charge is 0.274 e. The number of amides is 1.